The summed E-state index contributed by atoms with van der Waals surface area (Å²) in [5, 5.41) is 17.3. The largest absolute Gasteiger partial charge is 0.323 e. The summed E-state index contributed by atoms with van der Waals surface area (Å²) >= 11 is 1.59. The first-order valence-corrected chi connectivity index (χ1v) is 9.22. The molecule has 0 aromatic carbocycles. The summed E-state index contributed by atoms with van der Waals surface area (Å²) in [5.74, 6) is 0. The number of nitrogens with one attached hydrogen (secondary N) is 1. The van der Waals surface area contributed by atoms with E-state index in [0.717, 1.165) is 32.1 Å². The van der Waals surface area contributed by atoms with Crippen molar-refractivity contribution in [2.45, 2.75) is 13.0 Å². The van der Waals surface area contributed by atoms with E-state index in [1.54, 1.807) is 28.4 Å². The zero-order valence-electron chi connectivity index (χ0n) is 14.7. The fourth-order valence-corrected chi connectivity index (χ4v) is 4.39. The number of aryl methyl sites for hydroxylation is 2. The first-order valence-electron chi connectivity index (χ1n) is 8.41. The molecule has 0 fully saturated rings. The Bertz CT molecular complexity index is 1320. The number of aromatic nitrogens is 8. The van der Waals surface area contributed by atoms with Gasteiger partial charge in [0.05, 0.1) is 28.8 Å². The van der Waals surface area contributed by atoms with E-state index in [1.165, 1.54) is 4.68 Å². The highest BCUT2D eigenvalue weighted by Gasteiger charge is 2.18. The van der Waals surface area contributed by atoms with E-state index in [9.17, 15) is 4.79 Å². The fourth-order valence-electron chi connectivity index (χ4n) is 3.27. The highest BCUT2D eigenvalue weighted by Crippen LogP contribution is 2.31. The number of rotatable bonds is 4. The van der Waals surface area contributed by atoms with Crippen molar-refractivity contribution < 1.29 is 0 Å². The van der Waals surface area contributed by atoms with Gasteiger partial charge in [-0.3, -0.25) is 14.6 Å². The van der Waals surface area contributed by atoms with Gasteiger partial charge in [-0.2, -0.15) is 15.3 Å². The first kappa shape index (κ1) is 15.9. The molecule has 0 atom stereocenters. The lowest BCUT2D eigenvalue weighted by molar-refractivity contribution is 0.631. The lowest BCUT2D eigenvalue weighted by Gasteiger charge is -2.03. The van der Waals surface area contributed by atoms with Gasteiger partial charge in [-0.25, -0.2) is 9.67 Å². The van der Waals surface area contributed by atoms with Gasteiger partial charge in [0.2, 0.25) is 0 Å². The number of nitrogens with zero attached hydrogens (tertiary/aromatic N) is 7. The summed E-state index contributed by atoms with van der Waals surface area (Å²) in [7, 11) is 3.77. The van der Waals surface area contributed by atoms with Gasteiger partial charge in [0.15, 0.2) is 5.65 Å². The summed E-state index contributed by atoms with van der Waals surface area (Å²) < 4.78 is 6.06. The maximum Gasteiger partial charge on any atom is 0.291 e. The summed E-state index contributed by atoms with van der Waals surface area (Å²) in [5.41, 5.74) is 3.08. The molecule has 136 valence electrons. The van der Waals surface area contributed by atoms with Crippen molar-refractivity contribution in [3.05, 3.63) is 57.5 Å². The van der Waals surface area contributed by atoms with E-state index in [0.29, 0.717) is 18.5 Å². The minimum atomic E-state index is -0.138. The van der Waals surface area contributed by atoms with Crippen molar-refractivity contribution in [1.29, 1.82) is 0 Å². The van der Waals surface area contributed by atoms with E-state index in [2.05, 4.69) is 20.4 Å². The Labute approximate surface area is 156 Å². The van der Waals surface area contributed by atoms with Crippen LogP contribution in [-0.2, 0) is 27.1 Å². The van der Waals surface area contributed by atoms with Crippen LogP contribution in [0.2, 0.25) is 0 Å². The van der Waals surface area contributed by atoms with Crippen LogP contribution in [0, 0.1) is 0 Å². The molecule has 0 amide bonds. The van der Waals surface area contributed by atoms with Gasteiger partial charge < -0.3 is 4.57 Å². The summed E-state index contributed by atoms with van der Waals surface area (Å²) in [4.78, 5) is 17.7. The van der Waals surface area contributed by atoms with Crippen LogP contribution in [0.3, 0.4) is 0 Å². The zero-order chi connectivity index (χ0) is 18.5. The summed E-state index contributed by atoms with van der Waals surface area (Å²) in [6.07, 6.45) is 6.00. The van der Waals surface area contributed by atoms with Crippen LogP contribution in [0.5, 0.6) is 0 Å². The van der Waals surface area contributed by atoms with Crippen molar-refractivity contribution in [3.8, 4) is 0 Å². The lowest BCUT2D eigenvalue weighted by Crippen LogP contribution is -2.24. The van der Waals surface area contributed by atoms with E-state index in [1.807, 2.05) is 37.0 Å². The molecule has 5 aromatic heterocycles. The molecule has 27 heavy (non-hydrogen) atoms. The topological polar surface area (TPSA) is 99.2 Å². The number of thiazole rings is 1. The zero-order valence-corrected chi connectivity index (χ0v) is 15.6. The molecule has 0 radical (unpaired) electrons. The van der Waals surface area contributed by atoms with Gasteiger partial charge in [0, 0.05) is 38.3 Å². The molecule has 0 bridgehead atoms. The van der Waals surface area contributed by atoms with Crippen LogP contribution in [0.4, 0.5) is 0 Å². The maximum absolute atomic E-state index is 12.9. The molecule has 5 aromatic rings. The Balaban J connectivity index is 1.59. The standard InChI is InChI=1S/C17H16N8OS/c1-23-6-4-10(22-23)7-13-20-16-15(27-13)12-8-19-25(9-11-3-5-18-21-11)17(26)14(12)24(16)2/h3-6,8H,7,9H2,1-2H3,(H,18,21). The van der Waals surface area contributed by atoms with Gasteiger partial charge in [-0.05, 0) is 12.1 Å². The van der Waals surface area contributed by atoms with E-state index in [4.69, 9.17) is 4.98 Å². The lowest BCUT2D eigenvalue weighted by atomic mass is 10.3. The van der Waals surface area contributed by atoms with Crippen molar-refractivity contribution in [2.24, 2.45) is 14.1 Å². The molecule has 0 aliphatic heterocycles. The van der Waals surface area contributed by atoms with Crippen LogP contribution in [-0.4, -0.2) is 39.3 Å². The van der Waals surface area contributed by atoms with E-state index in [-0.39, 0.29) is 5.56 Å². The second-order valence-electron chi connectivity index (χ2n) is 6.43. The first-order chi connectivity index (χ1) is 13.1. The predicted molar refractivity (Wildman–Crippen MR) is 102 cm³/mol. The Kier molecular flexibility index (Phi) is 3.47. The molecule has 1 N–H and O–H groups in total. The maximum atomic E-state index is 12.9. The second kappa shape index (κ2) is 5.88. The van der Waals surface area contributed by atoms with Crippen LogP contribution in [0.25, 0.3) is 21.3 Å². The fraction of sp³-hybridized carbons (Fsp3) is 0.235. The van der Waals surface area contributed by atoms with Crippen LogP contribution < -0.4 is 5.56 Å². The van der Waals surface area contributed by atoms with Gasteiger partial charge >= 0.3 is 0 Å². The van der Waals surface area contributed by atoms with Crippen molar-refractivity contribution in [1.82, 2.24) is 39.3 Å². The number of fused-ring (bicyclic) bond motifs is 3. The Hall–Kier alpha value is -3.27. The second-order valence-corrected chi connectivity index (χ2v) is 7.51. The van der Waals surface area contributed by atoms with Crippen LogP contribution in [0.15, 0.2) is 35.5 Å². The monoisotopic (exact) mass is 380 g/mol. The van der Waals surface area contributed by atoms with E-state index >= 15 is 0 Å². The van der Waals surface area contributed by atoms with Crippen molar-refractivity contribution in [3.63, 3.8) is 0 Å². The molecule has 9 nitrogen and oxygen atoms in total. The SMILES string of the molecule is Cn1ccc(Cc2nc3c(s2)c2cnn(Cc4ccn[nH]4)c(=O)c2n3C)n1. The van der Waals surface area contributed by atoms with Crippen LogP contribution in [0.1, 0.15) is 16.4 Å². The molecule has 0 saturated heterocycles. The van der Waals surface area contributed by atoms with Gasteiger partial charge in [0.25, 0.3) is 5.56 Å². The Morgan fingerprint density at radius 1 is 1.26 bits per heavy atom. The molecule has 0 aliphatic rings. The molecular formula is C17H16N8OS. The molecule has 10 heteroatoms. The van der Waals surface area contributed by atoms with Gasteiger partial charge in [-0.15, -0.1) is 11.3 Å². The van der Waals surface area contributed by atoms with Crippen molar-refractivity contribution >= 4 is 32.6 Å². The number of hydrogen-bond acceptors (Lipinski definition) is 6. The Morgan fingerprint density at radius 2 is 2.15 bits per heavy atom. The summed E-state index contributed by atoms with van der Waals surface area (Å²) in [6, 6.07) is 3.81. The van der Waals surface area contributed by atoms with Crippen molar-refractivity contribution in [2.75, 3.05) is 0 Å². The minimum Gasteiger partial charge on any atom is -0.323 e. The number of H-pyrrole nitrogens is 1. The molecule has 5 heterocycles. The number of aromatic amines is 1. The normalized spacial score (nSPS) is 11.8. The molecule has 0 spiro atoms. The van der Waals surface area contributed by atoms with Gasteiger partial charge in [-0.1, -0.05) is 0 Å². The van der Waals surface area contributed by atoms with E-state index < -0.39 is 0 Å². The average molecular weight is 380 g/mol. The number of hydrogen-bond donors (Lipinski definition) is 1. The molecule has 0 unspecified atom stereocenters. The molecular weight excluding hydrogens is 364 g/mol. The Morgan fingerprint density at radius 3 is 2.89 bits per heavy atom. The third kappa shape index (κ3) is 2.56. The van der Waals surface area contributed by atoms with Gasteiger partial charge in [0.1, 0.15) is 10.5 Å². The van der Waals surface area contributed by atoms with Crippen LogP contribution >= 0.6 is 11.3 Å². The summed E-state index contributed by atoms with van der Waals surface area (Å²) in [6.45, 7) is 0.353. The predicted octanol–water partition coefficient (Wildman–Crippen LogP) is 1.44. The molecule has 0 saturated carbocycles. The smallest absolute Gasteiger partial charge is 0.291 e. The highest BCUT2D eigenvalue weighted by molar-refractivity contribution is 7.19. The average Bonchev–Trinajstić information content (AvgIpc) is 3.40. The quantitative estimate of drug-likeness (QED) is 0.509. The highest BCUT2D eigenvalue weighted by atomic mass is 32.1. The minimum absolute atomic E-state index is 0.138. The molecule has 0 aliphatic carbocycles. The molecule has 5 rings (SSSR count). The third-order valence-electron chi connectivity index (χ3n) is 4.55. The third-order valence-corrected chi connectivity index (χ3v) is 5.63.